The van der Waals surface area contributed by atoms with Crippen molar-refractivity contribution in [1.82, 2.24) is 9.36 Å². The van der Waals surface area contributed by atoms with Gasteiger partial charge in [-0.2, -0.15) is 4.37 Å². The molecule has 0 amide bonds. The van der Waals surface area contributed by atoms with Crippen LogP contribution in [0.4, 0.5) is 10.8 Å². The van der Waals surface area contributed by atoms with E-state index >= 15 is 0 Å². The molecule has 0 spiro atoms. The van der Waals surface area contributed by atoms with E-state index in [0.29, 0.717) is 5.82 Å². The molecule has 2 aromatic rings. The quantitative estimate of drug-likeness (QED) is 0.917. The third-order valence-electron chi connectivity index (χ3n) is 4.18. The summed E-state index contributed by atoms with van der Waals surface area (Å²) in [6, 6.07) is 0. The van der Waals surface area contributed by atoms with E-state index in [1.807, 2.05) is 6.92 Å². The van der Waals surface area contributed by atoms with Crippen LogP contribution in [0.15, 0.2) is 5.38 Å². The average molecular weight is 323 g/mol. The topological polar surface area (TPSA) is 55.0 Å². The van der Waals surface area contributed by atoms with Crippen LogP contribution in [0.1, 0.15) is 37.1 Å². The Kier molecular flexibility index (Phi) is 4.45. The van der Waals surface area contributed by atoms with E-state index in [0.717, 1.165) is 33.7 Å². The van der Waals surface area contributed by atoms with Crippen LogP contribution in [0.3, 0.4) is 0 Å². The Morgan fingerprint density at radius 2 is 2.10 bits per heavy atom. The van der Waals surface area contributed by atoms with Crippen LogP contribution >= 0.6 is 22.9 Å². The normalized spacial score (nSPS) is 16.3. The van der Waals surface area contributed by atoms with Gasteiger partial charge in [-0.25, -0.2) is 4.98 Å². The molecule has 21 heavy (non-hydrogen) atoms. The van der Waals surface area contributed by atoms with Crippen molar-refractivity contribution in [3.05, 3.63) is 10.4 Å². The number of nitrogen functional groups attached to an aromatic ring is 1. The highest BCUT2D eigenvalue weighted by Crippen LogP contribution is 2.39. The number of nitrogens with two attached hydrogens (primary N) is 1. The zero-order valence-electron chi connectivity index (χ0n) is 12.6. The predicted molar refractivity (Wildman–Crippen MR) is 92.2 cm³/mol. The lowest BCUT2D eigenvalue weighted by molar-refractivity contribution is 0.362. The minimum atomic E-state index is 0.607. The number of nitrogens with zero attached hydrogens (tertiary/aromatic N) is 3. The van der Waals surface area contributed by atoms with Crippen molar-refractivity contribution in [3.8, 4) is 11.3 Å². The third kappa shape index (κ3) is 3.21. The largest absolute Gasteiger partial charge is 0.382 e. The highest BCUT2D eigenvalue weighted by atomic mass is 32.1. The highest BCUT2D eigenvalue weighted by molar-refractivity contribution is 7.11. The molecule has 2 heterocycles. The van der Waals surface area contributed by atoms with Crippen LogP contribution in [-0.4, -0.2) is 22.9 Å². The molecule has 0 unspecified atom stereocenters. The van der Waals surface area contributed by atoms with E-state index in [9.17, 15) is 0 Å². The summed E-state index contributed by atoms with van der Waals surface area (Å²) < 4.78 is 4.36. The maximum absolute atomic E-state index is 6.09. The van der Waals surface area contributed by atoms with Gasteiger partial charge in [-0.3, -0.25) is 0 Å². The fourth-order valence-corrected chi connectivity index (χ4v) is 4.51. The van der Waals surface area contributed by atoms with Crippen LogP contribution in [-0.2, 0) is 0 Å². The summed E-state index contributed by atoms with van der Waals surface area (Å²) in [5.74, 6) is 1.41. The standard InChI is InChI=1S/C15H22N4S2/c1-10-17-12(9-20-10)13-14(16)18-21-15(13)19(2)8-11-6-4-3-5-7-11/h9,11H,3-8H2,1-2H3,(H2,16,18). The average Bonchev–Trinajstić information content (AvgIpc) is 3.05. The van der Waals surface area contributed by atoms with E-state index in [4.69, 9.17) is 5.73 Å². The Labute approximate surface area is 134 Å². The molecule has 114 valence electrons. The van der Waals surface area contributed by atoms with E-state index in [2.05, 4.69) is 26.7 Å². The molecule has 3 rings (SSSR count). The minimum absolute atomic E-state index is 0.607. The lowest BCUT2D eigenvalue weighted by Gasteiger charge is -2.27. The van der Waals surface area contributed by atoms with Crippen LogP contribution in [0.25, 0.3) is 11.3 Å². The summed E-state index contributed by atoms with van der Waals surface area (Å²) in [7, 11) is 2.16. The van der Waals surface area contributed by atoms with Gasteiger partial charge in [0.15, 0.2) is 0 Å². The first-order valence-electron chi connectivity index (χ1n) is 7.54. The van der Waals surface area contributed by atoms with Crippen molar-refractivity contribution >= 4 is 33.7 Å². The molecule has 0 atom stereocenters. The van der Waals surface area contributed by atoms with E-state index < -0.39 is 0 Å². The van der Waals surface area contributed by atoms with Crippen LogP contribution in [0.5, 0.6) is 0 Å². The molecule has 0 aromatic carbocycles. The lowest BCUT2D eigenvalue weighted by Crippen LogP contribution is -2.26. The molecule has 4 nitrogen and oxygen atoms in total. The maximum Gasteiger partial charge on any atom is 0.148 e. The van der Waals surface area contributed by atoms with Crippen molar-refractivity contribution < 1.29 is 0 Å². The van der Waals surface area contributed by atoms with Crippen molar-refractivity contribution in [3.63, 3.8) is 0 Å². The lowest BCUT2D eigenvalue weighted by atomic mass is 9.89. The summed E-state index contributed by atoms with van der Waals surface area (Å²) in [6.45, 7) is 3.12. The first-order valence-corrected chi connectivity index (χ1v) is 9.19. The van der Waals surface area contributed by atoms with Gasteiger partial charge in [0, 0.05) is 19.0 Å². The summed E-state index contributed by atoms with van der Waals surface area (Å²) >= 11 is 3.15. The molecular formula is C15H22N4S2. The van der Waals surface area contributed by atoms with Crippen LogP contribution in [0, 0.1) is 12.8 Å². The van der Waals surface area contributed by atoms with Gasteiger partial charge in [0.1, 0.15) is 10.8 Å². The molecule has 1 fully saturated rings. The summed E-state index contributed by atoms with van der Waals surface area (Å²) in [6.07, 6.45) is 6.85. The molecule has 2 N–H and O–H groups in total. The van der Waals surface area contributed by atoms with Gasteiger partial charge < -0.3 is 10.6 Å². The Hall–Kier alpha value is -1.14. The molecule has 0 bridgehead atoms. The molecular weight excluding hydrogens is 300 g/mol. The van der Waals surface area contributed by atoms with Crippen LogP contribution < -0.4 is 10.6 Å². The number of aryl methyl sites for hydroxylation is 1. The molecule has 2 aromatic heterocycles. The van der Waals surface area contributed by atoms with Crippen molar-refractivity contribution in [2.45, 2.75) is 39.0 Å². The zero-order chi connectivity index (χ0) is 14.8. The van der Waals surface area contributed by atoms with Crippen molar-refractivity contribution in [2.75, 3.05) is 24.2 Å². The Morgan fingerprint density at radius 3 is 2.76 bits per heavy atom. The van der Waals surface area contributed by atoms with E-state index in [1.54, 1.807) is 11.3 Å². The SMILES string of the molecule is Cc1nc(-c2c(N)nsc2N(C)CC2CCCCC2)cs1. The van der Waals surface area contributed by atoms with Gasteiger partial charge in [0.05, 0.1) is 16.3 Å². The summed E-state index contributed by atoms with van der Waals surface area (Å²) in [5, 5.41) is 4.30. The first kappa shape index (κ1) is 14.8. The molecule has 6 heteroatoms. The first-order chi connectivity index (χ1) is 10.1. The van der Waals surface area contributed by atoms with Gasteiger partial charge in [0.25, 0.3) is 0 Å². The number of thiazole rings is 1. The smallest absolute Gasteiger partial charge is 0.148 e. The molecule has 1 aliphatic carbocycles. The van der Waals surface area contributed by atoms with Gasteiger partial charge in [-0.05, 0) is 37.2 Å². The second-order valence-electron chi connectivity index (χ2n) is 5.88. The second kappa shape index (κ2) is 6.32. The maximum atomic E-state index is 6.09. The fraction of sp³-hybridized carbons (Fsp3) is 0.600. The van der Waals surface area contributed by atoms with E-state index in [1.165, 1.54) is 43.6 Å². The van der Waals surface area contributed by atoms with Gasteiger partial charge in [-0.1, -0.05) is 19.3 Å². The number of rotatable bonds is 4. The Morgan fingerprint density at radius 1 is 1.33 bits per heavy atom. The molecule has 0 radical (unpaired) electrons. The predicted octanol–water partition coefficient (Wildman–Crippen LogP) is 4.17. The summed E-state index contributed by atoms with van der Waals surface area (Å²) in [5.41, 5.74) is 8.07. The van der Waals surface area contributed by atoms with Crippen LogP contribution in [0.2, 0.25) is 0 Å². The van der Waals surface area contributed by atoms with E-state index in [-0.39, 0.29) is 0 Å². The van der Waals surface area contributed by atoms with Gasteiger partial charge >= 0.3 is 0 Å². The van der Waals surface area contributed by atoms with Gasteiger partial charge in [-0.15, -0.1) is 11.3 Å². The highest BCUT2D eigenvalue weighted by Gasteiger charge is 2.22. The van der Waals surface area contributed by atoms with Crippen molar-refractivity contribution in [2.24, 2.45) is 5.92 Å². The molecule has 1 saturated carbocycles. The molecule has 1 aliphatic rings. The zero-order valence-corrected chi connectivity index (χ0v) is 14.3. The molecule has 0 saturated heterocycles. The minimum Gasteiger partial charge on any atom is -0.382 e. The fourth-order valence-electron chi connectivity index (χ4n) is 3.11. The number of anilines is 2. The number of aromatic nitrogens is 2. The second-order valence-corrected chi connectivity index (χ2v) is 7.70. The number of hydrogen-bond acceptors (Lipinski definition) is 6. The molecule has 0 aliphatic heterocycles. The monoisotopic (exact) mass is 322 g/mol. The third-order valence-corrected chi connectivity index (χ3v) is 5.93. The van der Waals surface area contributed by atoms with Gasteiger partial charge in [0.2, 0.25) is 0 Å². The Balaban J connectivity index is 1.81. The summed E-state index contributed by atoms with van der Waals surface area (Å²) in [4.78, 5) is 6.91. The Bertz CT molecular complexity index is 599. The van der Waals surface area contributed by atoms with Crippen molar-refractivity contribution in [1.29, 1.82) is 0 Å². The number of hydrogen-bond donors (Lipinski definition) is 1.